The summed E-state index contributed by atoms with van der Waals surface area (Å²) < 4.78 is 54.9. The van der Waals surface area contributed by atoms with Crippen molar-refractivity contribution in [3.8, 4) is 0 Å². The average molecular weight is 500 g/mol. The number of hydrogen-bond acceptors (Lipinski definition) is 6. The van der Waals surface area contributed by atoms with Gasteiger partial charge < -0.3 is 9.88 Å². The van der Waals surface area contributed by atoms with Crippen molar-refractivity contribution in [2.24, 2.45) is 7.05 Å². The molecule has 0 saturated heterocycles. The summed E-state index contributed by atoms with van der Waals surface area (Å²) in [5.74, 6) is -0.263. The number of benzene rings is 1. The Balaban J connectivity index is 1.81. The lowest BCUT2D eigenvalue weighted by Crippen LogP contribution is -2.42. The van der Waals surface area contributed by atoms with E-state index in [0.29, 0.717) is 34.4 Å². The van der Waals surface area contributed by atoms with Crippen molar-refractivity contribution in [1.29, 1.82) is 0 Å². The molecule has 0 fully saturated rings. The van der Waals surface area contributed by atoms with E-state index < -0.39 is 19.9 Å². The smallest absolute Gasteiger partial charge is 0.264 e. The molecule has 2 aliphatic heterocycles. The second-order valence-corrected chi connectivity index (χ2v) is 13.0. The van der Waals surface area contributed by atoms with Crippen LogP contribution in [0.25, 0.3) is 11.3 Å². The predicted molar refractivity (Wildman–Crippen MR) is 131 cm³/mol. The van der Waals surface area contributed by atoms with Gasteiger partial charge in [0.05, 0.1) is 28.0 Å². The van der Waals surface area contributed by atoms with Gasteiger partial charge in [-0.25, -0.2) is 16.8 Å². The van der Waals surface area contributed by atoms with E-state index in [1.54, 1.807) is 55.9 Å². The minimum atomic E-state index is -3.98. The number of nitrogens with zero attached hydrogens (tertiary/aromatic N) is 2. The number of nitrogens with one attached hydrogen (secondary N) is 1. The zero-order valence-corrected chi connectivity index (χ0v) is 20.7. The number of sulfone groups is 1. The highest BCUT2D eigenvalue weighted by Crippen LogP contribution is 2.44. The molecule has 3 heterocycles. The first-order chi connectivity index (χ1) is 16.0. The molecule has 1 aromatic heterocycles. The normalized spacial score (nSPS) is 19.6. The maximum absolute atomic E-state index is 13.8. The molecule has 0 amide bonds. The quantitative estimate of drug-likeness (QED) is 0.688. The molecule has 0 saturated carbocycles. The van der Waals surface area contributed by atoms with Gasteiger partial charge in [-0.05, 0) is 54.3 Å². The van der Waals surface area contributed by atoms with E-state index in [-0.39, 0.29) is 34.4 Å². The Kier molecular flexibility index (Phi) is 5.14. The van der Waals surface area contributed by atoms with E-state index in [4.69, 9.17) is 0 Å². The fourth-order valence-corrected chi connectivity index (χ4v) is 7.14. The van der Waals surface area contributed by atoms with Gasteiger partial charge in [0.25, 0.3) is 15.6 Å². The first-order valence-corrected chi connectivity index (χ1v) is 14.4. The number of allylic oxidation sites excluding steroid dienone is 1. The third kappa shape index (κ3) is 3.61. The van der Waals surface area contributed by atoms with Crippen LogP contribution in [0, 0.1) is 6.92 Å². The highest BCUT2D eigenvalue weighted by molar-refractivity contribution is 7.91. The van der Waals surface area contributed by atoms with Gasteiger partial charge in [-0.15, -0.1) is 0 Å². The molecule has 8 nitrogen and oxygen atoms in total. The first-order valence-electron chi connectivity index (χ1n) is 10.9. The number of fused-ring (bicyclic) bond motifs is 2. The van der Waals surface area contributed by atoms with Crippen molar-refractivity contribution in [2.45, 2.75) is 24.3 Å². The molecule has 1 aromatic carbocycles. The Morgan fingerprint density at radius 3 is 2.47 bits per heavy atom. The minimum Gasteiger partial charge on any atom is -0.383 e. The summed E-state index contributed by atoms with van der Waals surface area (Å²) in [6, 6.07) is 8.15. The lowest BCUT2D eigenvalue weighted by molar-refractivity contribution is 0.458. The van der Waals surface area contributed by atoms with E-state index in [1.807, 2.05) is 6.92 Å². The van der Waals surface area contributed by atoms with Crippen molar-refractivity contribution >= 4 is 31.1 Å². The topological polar surface area (TPSA) is 106 Å². The summed E-state index contributed by atoms with van der Waals surface area (Å²) >= 11 is 0. The van der Waals surface area contributed by atoms with Crippen LogP contribution in [0.5, 0.6) is 0 Å². The lowest BCUT2D eigenvalue weighted by atomic mass is 9.92. The van der Waals surface area contributed by atoms with Gasteiger partial charge in [0.15, 0.2) is 9.84 Å². The van der Waals surface area contributed by atoms with E-state index in [2.05, 4.69) is 5.32 Å². The fraction of sp³-hybridized carbons (Fsp3) is 0.292. The molecule has 1 atom stereocenters. The standard InChI is InChI=1S/C24H25N3O5S2/c1-15-4-6-18(7-5-15)34(31,32)27-11-9-20-21-16(13-25-20)12-17(14-33(3,29)30)19-8-10-26(2)24(28)22(19)23(21)27/h4-8,10,12-13,20,25H,9,11,14H2,1-3H3. The number of aromatic nitrogens is 1. The average Bonchev–Trinajstić information content (AvgIpc) is 3.11. The van der Waals surface area contributed by atoms with E-state index in [0.717, 1.165) is 11.8 Å². The van der Waals surface area contributed by atoms with Gasteiger partial charge in [-0.3, -0.25) is 9.10 Å². The molecule has 1 N–H and O–H groups in total. The highest BCUT2D eigenvalue weighted by Gasteiger charge is 2.42. The summed E-state index contributed by atoms with van der Waals surface area (Å²) in [6.07, 6.45) is 6.78. The third-order valence-corrected chi connectivity index (χ3v) is 9.08. The van der Waals surface area contributed by atoms with Gasteiger partial charge in [-0.2, -0.15) is 0 Å². The molecule has 3 aliphatic rings. The van der Waals surface area contributed by atoms with Gasteiger partial charge >= 0.3 is 0 Å². The first kappa shape index (κ1) is 22.7. The summed E-state index contributed by atoms with van der Waals surface area (Å²) in [5, 5.41) is 3.28. The third-order valence-electron chi connectivity index (χ3n) is 6.43. The van der Waals surface area contributed by atoms with E-state index in [9.17, 15) is 21.6 Å². The fourth-order valence-electron chi connectivity index (χ4n) is 4.82. The van der Waals surface area contributed by atoms with E-state index >= 15 is 0 Å². The van der Waals surface area contributed by atoms with Crippen LogP contribution in [-0.2, 0) is 26.9 Å². The van der Waals surface area contributed by atoms with Gasteiger partial charge in [0.2, 0.25) is 0 Å². The van der Waals surface area contributed by atoms with Crippen LogP contribution < -0.4 is 10.9 Å². The molecule has 1 unspecified atom stereocenters. The molecule has 1 aliphatic carbocycles. The zero-order valence-electron chi connectivity index (χ0n) is 19.1. The molecule has 178 valence electrons. The summed E-state index contributed by atoms with van der Waals surface area (Å²) in [5.41, 5.74) is 3.40. The second-order valence-electron chi connectivity index (χ2n) is 9.02. The van der Waals surface area contributed by atoms with Crippen molar-refractivity contribution in [3.05, 3.63) is 87.0 Å². The molecule has 0 bridgehead atoms. The molecular weight excluding hydrogens is 474 g/mol. The Morgan fingerprint density at radius 1 is 1.09 bits per heavy atom. The van der Waals surface area contributed by atoms with Crippen LogP contribution in [-0.4, -0.2) is 50.3 Å². The Labute approximate surface area is 198 Å². The second kappa shape index (κ2) is 7.71. The minimum absolute atomic E-state index is 0.143. The number of rotatable bonds is 4. The van der Waals surface area contributed by atoms with Crippen LogP contribution in [0.3, 0.4) is 0 Å². The molecule has 34 heavy (non-hydrogen) atoms. The van der Waals surface area contributed by atoms with Crippen LogP contribution in [0.15, 0.2) is 69.6 Å². The van der Waals surface area contributed by atoms with Gasteiger partial charge in [-0.1, -0.05) is 17.7 Å². The zero-order chi connectivity index (χ0) is 24.4. The summed E-state index contributed by atoms with van der Waals surface area (Å²) in [7, 11) is -5.80. The molecule has 10 heteroatoms. The maximum atomic E-state index is 13.8. The Morgan fingerprint density at radius 2 is 1.79 bits per heavy atom. The molecule has 2 aromatic rings. The summed E-state index contributed by atoms with van der Waals surface area (Å²) in [4.78, 5) is 13.7. The number of pyridine rings is 1. The van der Waals surface area contributed by atoms with Crippen molar-refractivity contribution in [3.63, 3.8) is 0 Å². The van der Waals surface area contributed by atoms with Crippen LogP contribution >= 0.6 is 0 Å². The van der Waals surface area contributed by atoms with Crippen molar-refractivity contribution < 1.29 is 16.8 Å². The maximum Gasteiger partial charge on any atom is 0.264 e. The van der Waals surface area contributed by atoms with Crippen molar-refractivity contribution in [2.75, 3.05) is 18.6 Å². The van der Waals surface area contributed by atoms with E-state index in [1.165, 1.54) is 8.87 Å². The van der Waals surface area contributed by atoms with Gasteiger partial charge in [0.1, 0.15) is 0 Å². The number of sulfonamides is 1. The van der Waals surface area contributed by atoms with Gasteiger partial charge in [0, 0.05) is 37.8 Å². The largest absolute Gasteiger partial charge is 0.383 e. The molecule has 5 rings (SSSR count). The molecule has 0 radical (unpaired) electrons. The van der Waals surface area contributed by atoms with Crippen LogP contribution in [0.1, 0.15) is 23.1 Å². The van der Waals surface area contributed by atoms with Crippen LogP contribution in [0.2, 0.25) is 0 Å². The molecule has 0 spiro atoms. The molecular formula is C24H25N3O5S2. The monoisotopic (exact) mass is 499 g/mol. The highest BCUT2D eigenvalue weighted by atomic mass is 32.2. The number of hydrogen-bond donors (Lipinski definition) is 1. The number of aryl methyl sites for hydroxylation is 2. The Hall–Kier alpha value is -3.11. The van der Waals surface area contributed by atoms with Crippen LogP contribution in [0.4, 0.5) is 0 Å². The lowest BCUT2D eigenvalue weighted by Gasteiger charge is -2.35. The predicted octanol–water partition coefficient (Wildman–Crippen LogP) is 1.80. The Bertz CT molecular complexity index is 1580. The SMILES string of the molecule is Cc1ccc(S(=O)(=O)N2CCC3NC=C4C=C(CS(C)(=O)=O)c5ccn(C)c(=O)c5C2=C43)cc1. The van der Waals surface area contributed by atoms with Crippen molar-refractivity contribution in [1.82, 2.24) is 14.2 Å². The summed E-state index contributed by atoms with van der Waals surface area (Å²) in [6.45, 7) is 2.07.